The second-order valence-corrected chi connectivity index (χ2v) is 11.1. The molecule has 4 heteroatoms. The van der Waals surface area contributed by atoms with Crippen molar-refractivity contribution in [3.63, 3.8) is 0 Å². The van der Waals surface area contributed by atoms with Crippen molar-refractivity contribution >= 4 is 5.57 Å². The number of fused-ring (bicyclic) bond motifs is 1. The second-order valence-electron chi connectivity index (χ2n) is 11.1. The molecule has 2 aliphatic heterocycles. The second kappa shape index (κ2) is 10.4. The summed E-state index contributed by atoms with van der Waals surface area (Å²) in [4.78, 5) is 10.5. The molecule has 7 rings (SSSR count). The molecule has 1 fully saturated rings. The Morgan fingerprint density at radius 2 is 1.60 bits per heavy atom. The molecule has 3 nitrogen and oxygen atoms in total. The first-order valence-electron chi connectivity index (χ1n) is 14.1. The molecule has 4 aromatic rings. The van der Waals surface area contributed by atoms with Crippen molar-refractivity contribution in [3.05, 3.63) is 145 Å². The minimum atomic E-state index is -0.228. The molecule has 198 valence electrons. The van der Waals surface area contributed by atoms with Crippen LogP contribution in [0.1, 0.15) is 24.0 Å². The molecule has 4 heterocycles. The highest BCUT2D eigenvalue weighted by molar-refractivity contribution is 5.91. The zero-order valence-corrected chi connectivity index (χ0v) is 22.4. The fourth-order valence-corrected chi connectivity index (χ4v) is 6.99. The Morgan fingerprint density at radius 1 is 0.850 bits per heavy atom. The number of hydrogen-bond donors (Lipinski definition) is 1. The fraction of sp³-hybridized carbons (Fsp3) is 0.194. The molecule has 1 N–H and O–H groups in total. The number of H-pyrrole nitrogens is 1. The first-order chi connectivity index (χ1) is 19.7. The number of allylic oxidation sites excluding steroid dienone is 6. The number of rotatable bonds is 5. The van der Waals surface area contributed by atoms with E-state index in [0.717, 1.165) is 48.3 Å². The Labute approximate surface area is 235 Å². The summed E-state index contributed by atoms with van der Waals surface area (Å²) in [6.45, 7) is 1.97. The Morgan fingerprint density at radius 3 is 2.35 bits per heavy atom. The highest BCUT2D eigenvalue weighted by atomic mass is 19.1. The van der Waals surface area contributed by atoms with Gasteiger partial charge in [-0.1, -0.05) is 72.9 Å². The molecule has 3 aliphatic rings. The van der Waals surface area contributed by atoms with Gasteiger partial charge >= 0.3 is 0 Å². The van der Waals surface area contributed by atoms with Gasteiger partial charge in [-0.05, 0) is 71.5 Å². The lowest BCUT2D eigenvalue weighted by molar-refractivity contribution is 0.263. The van der Waals surface area contributed by atoms with Gasteiger partial charge in [-0.3, -0.25) is 9.88 Å². The van der Waals surface area contributed by atoms with Crippen LogP contribution in [0, 0.1) is 11.7 Å². The van der Waals surface area contributed by atoms with E-state index in [2.05, 4.69) is 106 Å². The van der Waals surface area contributed by atoms with Crippen molar-refractivity contribution in [2.75, 3.05) is 13.1 Å². The largest absolute Gasteiger partial charge is 0.360 e. The molecule has 1 saturated heterocycles. The van der Waals surface area contributed by atoms with E-state index in [1.165, 1.54) is 28.8 Å². The van der Waals surface area contributed by atoms with Crippen LogP contribution in [0.4, 0.5) is 4.39 Å². The van der Waals surface area contributed by atoms with E-state index >= 15 is 0 Å². The Bertz CT molecular complexity index is 1600. The molecule has 1 aliphatic carbocycles. The number of nitrogens with one attached hydrogen (secondary N) is 1. The van der Waals surface area contributed by atoms with Gasteiger partial charge in [0.2, 0.25) is 0 Å². The van der Waals surface area contributed by atoms with Crippen molar-refractivity contribution in [1.82, 2.24) is 14.9 Å². The average molecular weight is 526 g/mol. The predicted octanol–water partition coefficient (Wildman–Crippen LogP) is 7.98. The van der Waals surface area contributed by atoms with Crippen molar-refractivity contribution in [2.24, 2.45) is 5.92 Å². The zero-order chi connectivity index (χ0) is 26.9. The molecule has 0 amide bonds. The summed E-state index contributed by atoms with van der Waals surface area (Å²) in [5, 5.41) is 0. The summed E-state index contributed by atoms with van der Waals surface area (Å²) in [7, 11) is 0. The molecular formula is C36H32FN3. The van der Waals surface area contributed by atoms with Gasteiger partial charge in [-0.25, -0.2) is 4.39 Å². The molecule has 0 saturated carbocycles. The van der Waals surface area contributed by atoms with Crippen molar-refractivity contribution in [3.8, 4) is 22.4 Å². The average Bonchev–Trinajstić information content (AvgIpc) is 3.51. The maximum absolute atomic E-state index is 13.7. The number of aromatic nitrogens is 2. The van der Waals surface area contributed by atoms with E-state index in [0.29, 0.717) is 12.0 Å². The third-order valence-electron chi connectivity index (χ3n) is 8.91. The lowest BCUT2D eigenvalue weighted by Crippen LogP contribution is -2.37. The van der Waals surface area contributed by atoms with Crippen LogP contribution < -0.4 is 0 Å². The first kappa shape index (κ1) is 24.7. The Hall–Kier alpha value is -4.28. The van der Waals surface area contributed by atoms with Crippen LogP contribution in [0.2, 0.25) is 0 Å². The van der Waals surface area contributed by atoms with Crippen LogP contribution >= 0.6 is 0 Å². The molecule has 40 heavy (non-hydrogen) atoms. The van der Waals surface area contributed by atoms with Crippen LogP contribution in [0.5, 0.6) is 0 Å². The van der Waals surface area contributed by atoms with Gasteiger partial charge in [0.1, 0.15) is 5.82 Å². The van der Waals surface area contributed by atoms with E-state index in [9.17, 15) is 4.39 Å². The SMILES string of the molecule is Fc1ccc(-c2[nH]cc(C3=CCN4CC(c5ccccc5)(C5C=CC=CC=C5)CC4C3)c2-c2ccncc2)cc1. The highest BCUT2D eigenvalue weighted by Gasteiger charge is 2.49. The molecule has 2 aromatic heterocycles. The van der Waals surface area contributed by atoms with Crippen molar-refractivity contribution in [2.45, 2.75) is 24.3 Å². The summed E-state index contributed by atoms with van der Waals surface area (Å²) < 4.78 is 13.7. The summed E-state index contributed by atoms with van der Waals surface area (Å²) >= 11 is 0. The quantitative estimate of drug-likeness (QED) is 0.286. The van der Waals surface area contributed by atoms with Crippen molar-refractivity contribution < 1.29 is 4.39 Å². The summed E-state index contributed by atoms with van der Waals surface area (Å²) in [5.74, 6) is 0.108. The third-order valence-corrected chi connectivity index (χ3v) is 8.91. The molecular weight excluding hydrogens is 493 g/mol. The van der Waals surface area contributed by atoms with Crippen LogP contribution in [-0.4, -0.2) is 34.0 Å². The van der Waals surface area contributed by atoms with Crippen LogP contribution in [-0.2, 0) is 5.41 Å². The van der Waals surface area contributed by atoms with E-state index < -0.39 is 0 Å². The maximum Gasteiger partial charge on any atom is 0.123 e. The van der Waals surface area contributed by atoms with E-state index in [4.69, 9.17) is 0 Å². The van der Waals surface area contributed by atoms with Gasteiger partial charge in [0, 0.05) is 60.2 Å². The molecule has 0 bridgehead atoms. The maximum atomic E-state index is 13.7. The lowest BCUT2D eigenvalue weighted by atomic mass is 9.68. The molecule has 0 radical (unpaired) electrons. The molecule has 2 atom stereocenters. The zero-order valence-electron chi connectivity index (χ0n) is 22.4. The van der Waals surface area contributed by atoms with Crippen LogP contribution in [0.15, 0.2) is 128 Å². The lowest BCUT2D eigenvalue weighted by Gasteiger charge is -2.35. The van der Waals surface area contributed by atoms with E-state index in [1.807, 2.05) is 24.5 Å². The predicted molar refractivity (Wildman–Crippen MR) is 161 cm³/mol. The fourth-order valence-electron chi connectivity index (χ4n) is 6.99. The van der Waals surface area contributed by atoms with Gasteiger partial charge in [-0.2, -0.15) is 0 Å². The number of halogens is 1. The van der Waals surface area contributed by atoms with Gasteiger partial charge in [-0.15, -0.1) is 0 Å². The van der Waals surface area contributed by atoms with Gasteiger partial charge in [0.15, 0.2) is 0 Å². The smallest absolute Gasteiger partial charge is 0.123 e. The Balaban J connectivity index is 1.25. The molecule has 0 spiro atoms. The van der Waals surface area contributed by atoms with Crippen molar-refractivity contribution in [1.29, 1.82) is 0 Å². The number of aromatic amines is 1. The monoisotopic (exact) mass is 525 g/mol. The van der Waals surface area contributed by atoms with Gasteiger partial charge < -0.3 is 4.98 Å². The number of nitrogens with zero attached hydrogens (tertiary/aromatic N) is 2. The van der Waals surface area contributed by atoms with E-state index in [1.54, 1.807) is 0 Å². The summed E-state index contributed by atoms with van der Waals surface area (Å²) in [5.41, 5.74) is 8.29. The number of hydrogen-bond acceptors (Lipinski definition) is 2. The third kappa shape index (κ3) is 4.39. The van der Waals surface area contributed by atoms with Crippen LogP contribution in [0.25, 0.3) is 28.0 Å². The normalized spacial score (nSPS) is 22.7. The van der Waals surface area contributed by atoms with E-state index in [-0.39, 0.29) is 11.2 Å². The minimum absolute atomic E-state index is 0.0274. The van der Waals surface area contributed by atoms with Crippen LogP contribution in [0.3, 0.4) is 0 Å². The molecule has 2 aromatic carbocycles. The number of pyridine rings is 1. The standard InChI is InChI=1S/C36H32FN3/c37-31-14-12-27(13-15-31)35-34(26-16-19-38-20-17-26)33(24-39-35)28-18-21-40-25-36(23-32(40)22-28,30-10-6-3-7-11-30)29-8-4-1-2-5-9-29/h1-20,24,29,32,39H,21-23,25H2. The number of benzene rings is 2. The highest BCUT2D eigenvalue weighted by Crippen LogP contribution is 2.49. The van der Waals surface area contributed by atoms with Gasteiger partial charge in [0.25, 0.3) is 0 Å². The Kier molecular flexibility index (Phi) is 6.41. The molecule has 2 unspecified atom stereocenters. The first-order valence-corrected chi connectivity index (χ1v) is 14.1. The summed E-state index contributed by atoms with van der Waals surface area (Å²) in [6.07, 6.45) is 23.7. The van der Waals surface area contributed by atoms with Gasteiger partial charge in [0.05, 0.1) is 5.69 Å². The topological polar surface area (TPSA) is 31.9 Å². The minimum Gasteiger partial charge on any atom is -0.360 e. The summed E-state index contributed by atoms with van der Waals surface area (Å²) in [6, 6.07) is 22.4.